The number of hydrogen-bond donors (Lipinski definition) is 1. The molecule has 0 unspecified atom stereocenters. The van der Waals surface area contributed by atoms with Crippen LogP contribution in [0.3, 0.4) is 0 Å². The number of ether oxygens (including phenoxy) is 1. The summed E-state index contributed by atoms with van der Waals surface area (Å²) in [6.45, 7) is 1.89. The summed E-state index contributed by atoms with van der Waals surface area (Å²) in [4.78, 5) is 12.1. The maximum atomic E-state index is 12.1. The zero-order valence-electron chi connectivity index (χ0n) is 14.0. The van der Waals surface area contributed by atoms with Crippen LogP contribution < -0.4 is 10.1 Å². The third-order valence-corrected chi connectivity index (χ3v) is 7.06. The number of benzene rings is 2. The van der Waals surface area contributed by atoms with E-state index in [4.69, 9.17) is 16.3 Å². The summed E-state index contributed by atoms with van der Waals surface area (Å²) in [5.74, 6) is 2.96. The van der Waals surface area contributed by atoms with Crippen molar-refractivity contribution in [2.75, 3.05) is 23.4 Å². The fourth-order valence-corrected chi connectivity index (χ4v) is 5.62. The van der Waals surface area contributed by atoms with Gasteiger partial charge in [0.1, 0.15) is 5.75 Å². The zero-order valence-corrected chi connectivity index (χ0v) is 16.3. The molecule has 0 aromatic heterocycles. The molecule has 2 aromatic carbocycles. The number of rotatable bonds is 5. The molecule has 1 saturated heterocycles. The van der Waals surface area contributed by atoms with Gasteiger partial charge >= 0.3 is 0 Å². The summed E-state index contributed by atoms with van der Waals surface area (Å²) in [6, 6.07) is 13.4. The molecular weight excluding hydrogens is 374 g/mol. The quantitative estimate of drug-likeness (QED) is 0.724. The van der Waals surface area contributed by atoms with Gasteiger partial charge in [-0.1, -0.05) is 23.7 Å². The molecule has 0 bridgehead atoms. The highest BCUT2D eigenvalue weighted by Gasteiger charge is 2.16. The molecule has 0 aliphatic carbocycles. The fraction of sp³-hybridized carbons (Fsp3) is 0.316. The minimum Gasteiger partial charge on any atom is -0.484 e. The number of carbonyl (C=O) groups excluding carboxylic acids is 1. The van der Waals surface area contributed by atoms with Gasteiger partial charge in [-0.2, -0.15) is 0 Å². The van der Waals surface area contributed by atoms with Gasteiger partial charge < -0.3 is 10.1 Å². The Hall–Kier alpha value is -1.30. The van der Waals surface area contributed by atoms with E-state index in [-0.39, 0.29) is 12.5 Å². The second-order valence-electron chi connectivity index (χ2n) is 5.79. The number of hydrogen-bond acceptors (Lipinski definition) is 4. The van der Waals surface area contributed by atoms with Crippen LogP contribution in [0.5, 0.6) is 5.75 Å². The predicted molar refractivity (Wildman–Crippen MR) is 109 cm³/mol. The van der Waals surface area contributed by atoms with Crippen LogP contribution in [0.25, 0.3) is 0 Å². The summed E-state index contributed by atoms with van der Waals surface area (Å²) < 4.78 is 6.11. The Balaban J connectivity index is 1.51. The van der Waals surface area contributed by atoms with Crippen molar-refractivity contribution in [3.8, 4) is 5.75 Å². The van der Waals surface area contributed by atoms with Crippen molar-refractivity contribution in [3.63, 3.8) is 0 Å². The second-order valence-corrected chi connectivity index (χ2v) is 8.95. The summed E-state index contributed by atoms with van der Waals surface area (Å²) >= 11 is 9.91. The minimum absolute atomic E-state index is 0.0195. The molecule has 0 radical (unpaired) electrons. The second kappa shape index (κ2) is 8.88. The van der Waals surface area contributed by atoms with E-state index in [0.717, 1.165) is 11.3 Å². The lowest BCUT2D eigenvalue weighted by Gasteiger charge is -2.21. The van der Waals surface area contributed by atoms with E-state index >= 15 is 0 Å². The standard InChI is InChI=1S/C19H20ClNO2S2/c1-13-11-15(20)5-8-17(13)21-18(22)12-23-16-6-3-14(4-7-16)19-24-9-2-10-25-19/h3-8,11,19H,2,9-10,12H2,1H3,(H,21,22). The number of halogens is 1. The van der Waals surface area contributed by atoms with Crippen LogP contribution in [0.1, 0.15) is 22.1 Å². The lowest BCUT2D eigenvalue weighted by atomic mass is 10.2. The third-order valence-electron chi connectivity index (χ3n) is 3.81. The summed E-state index contributed by atoms with van der Waals surface area (Å²) in [5.41, 5.74) is 2.98. The Bertz CT molecular complexity index is 731. The van der Waals surface area contributed by atoms with Gasteiger partial charge in [0.05, 0.1) is 4.58 Å². The van der Waals surface area contributed by atoms with Crippen LogP contribution in [-0.2, 0) is 4.79 Å². The van der Waals surface area contributed by atoms with Gasteiger partial charge in [0.25, 0.3) is 5.91 Å². The Morgan fingerprint density at radius 3 is 2.60 bits per heavy atom. The lowest BCUT2D eigenvalue weighted by molar-refractivity contribution is -0.118. The molecule has 1 N–H and O–H groups in total. The first-order valence-corrected chi connectivity index (χ1v) is 10.6. The molecule has 1 amide bonds. The van der Waals surface area contributed by atoms with Gasteiger partial charge in [-0.3, -0.25) is 4.79 Å². The molecule has 6 heteroatoms. The van der Waals surface area contributed by atoms with Gasteiger partial charge in [-0.05, 0) is 66.3 Å². The first-order valence-electron chi connectivity index (χ1n) is 8.14. The number of carbonyl (C=O) groups is 1. The van der Waals surface area contributed by atoms with Crippen molar-refractivity contribution in [3.05, 3.63) is 58.6 Å². The normalized spacial score (nSPS) is 15.0. The molecule has 132 valence electrons. The molecule has 25 heavy (non-hydrogen) atoms. The molecule has 1 heterocycles. The maximum absolute atomic E-state index is 12.1. The molecule has 1 aliphatic heterocycles. The average Bonchev–Trinajstić information content (AvgIpc) is 2.63. The highest BCUT2D eigenvalue weighted by atomic mass is 35.5. The summed E-state index contributed by atoms with van der Waals surface area (Å²) in [5, 5.41) is 3.50. The van der Waals surface area contributed by atoms with E-state index in [0.29, 0.717) is 15.4 Å². The third kappa shape index (κ3) is 5.33. The number of thioether (sulfide) groups is 2. The predicted octanol–water partition coefficient (Wildman–Crippen LogP) is 5.53. The largest absolute Gasteiger partial charge is 0.484 e. The molecule has 3 nitrogen and oxygen atoms in total. The Morgan fingerprint density at radius 2 is 1.92 bits per heavy atom. The van der Waals surface area contributed by atoms with E-state index in [1.807, 2.05) is 48.6 Å². The number of amides is 1. The highest BCUT2D eigenvalue weighted by Crippen LogP contribution is 2.43. The van der Waals surface area contributed by atoms with Crippen molar-refractivity contribution in [1.29, 1.82) is 0 Å². The molecule has 1 aliphatic rings. The van der Waals surface area contributed by atoms with Gasteiger partial charge in [0, 0.05) is 10.7 Å². The smallest absolute Gasteiger partial charge is 0.262 e. The molecule has 0 saturated carbocycles. The SMILES string of the molecule is Cc1cc(Cl)ccc1NC(=O)COc1ccc(C2SCCCS2)cc1. The van der Waals surface area contributed by atoms with Crippen LogP contribution in [0.15, 0.2) is 42.5 Å². The maximum Gasteiger partial charge on any atom is 0.262 e. The molecular formula is C19H20ClNO2S2. The summed E-state index contributed by atoms with van der Waals surface area (Å²) in [6.07, 6.45) is 1.29. The molecule has 3 rings (SSSR count). The van der Waals surface area contributed by atoms with Gasteiger partial charge in [0.2, 0.25) is 0 Å². The van der Waals surface area contributed by atoms with Crippen LogP contribution in [0, 0.1) is 6.92 Å². The van der Waals surface area contributed by atoms with Crippen LogP contribution in [0.4, 0.5) is 5.69 Å². The van der Waals surface area contributed by atoms with Gasteiger partial charge in [-0.25, -0.2) is 0 Å². The van der Waals surface area contributed by atoms with E-state index in [2.05, 4.69) is 17.4 Å². The Kier molecular flexibility index (Phi) is 6.57. The topological polar surface area (TPSA) is 38.3 Å². The Labute approximate surface area is 161 Å². The number of aryl methyl sites for hydroxylation is 1. The first kappa shape index (κ1) is 18.5. The van der Waals surface area contributed by atoms with Crippen LogP contribution >= 0.6 is 35.1 Å². The number of anilines is 1. The lowest BCUT2D eigenvalue weighted by Crippen LogP contribution is -2.20. The summed E-state index contributed by atoms with van der Waals surface area (Å²) in [7, 11) is 0. The van der Waals surface area contributed by atoms with Crippen molar-refractivity contribution in [2.24, 2.45) is 0 Å². The minimum atomic E-state index is -0.187. The van der Waals surface area contributed by atoms with E-state index in [9.17, 15) is 4.79 Å². The van der Waals surface area contributed by atoms with Crippen LogP contribution in [-0.4, -0.2) is 24.0 Å². The van der Waals surface area contributed by atoms with Gasteiger partial charge in [-0.15, -0.1) is 23.5 Å². The molecule has 0 spiro atoms. The van der Waals surface area contributed by atoms with Gasteiger partial charge in [0.15, 0.2) is 6.61 Å². The number of nitrogens with one attached hydrogen (secondary N) is 1. The monoisotopic (exact) mass is 393 g/mol. The molecule has 1 fully saturated rings. The zero-order chi connectivity index (χ0) is 17.6. The Morgan fingerprint density at radius 1 is 1.20 bits per heavy atom. The van der Waals surface area contributed by atoms with Crippen molar-refractivity contribution in [1.82, 2.24) is 0 Å². The molecule has 0 atom stereocenters. The highest BCUT2D eigenvalue weighted by molar-refractivity contribution is 8.16. The fourth-order valence-electron chi connectivity index (χ4n) is 2.50. The van der Waals surface area contributed by atoms with Crippen molar-refractivity contribution in [2.45, 2.75) is 17.9 Å². The average molecular weight is 394 g/mol. The van der Waals surface area contributed by atoms with E-state index in [1.165, 1.54) is 23.5 Å². The van der Waals surface area contributed by atoms with E-state index < -0.39 is 0 Å². The molecule has 2 aromatic rings. The van der Waals surface area contributed by atoms with Crippen LogP contribution in [0.2, 0.25) is 5.02 Å². The van der Waals surface area contributed by atoms with Crippen molar-refractivity contribution >= 4 is 46.7 Å². The first-order chi connectivity index (χ1) is 12.1. The van der Waals surface area contributed by atoms with Crippen molar-refractivity contribution < 1.29 is 9.53 Å². The van der Waals surface area contributed by atoms with E-state index in [1.54, 1.807) is 12.1 Å².